The Morgan fingerprint density at radius 3 is 2.57 bits per heavy atom. The van der Waals surface area contributed by atoms with Gasteiger partial charge in [0.2, 0.25) is 0 Å². The fraction of sp³-hybridized carbons (Fsp3) is 0.667. The van der Waals surface area contributed by atoms with E-state index in [0.717, 1.165) is 0 Å². The van der Waals surface area contributed by atoms with Crippen molar-refractivity contribution >= 4 is 18.8 Å². The molecular formula is C3H5N3S. The molecule has 1 rings (SSSR count). The summed E-state index contributed by atoms with van der Waals surface area (Å²) < 4.78 is 0. The number of nitrogens with zero attached hydrogens (tertiary/aromatic N) is 3. The maximum Gasteiger partial charge on any atom is 0.160 e. The van der Waals surface area contributed by atoms with Gasteiger partial charge in [-0.2, -0.15) is 0 Å². The van der Waals surface area contributed by atoms with Gasteiger partial charge in [0.05, 0.1) is 6.21 Å². The van der Waals surface area contributed by atoms with Gasteiger partial charge in [-0.05, 0) is 12.1 Å². The Morgan fingerprint density at radius 2 is 2.43 bits per heavy atom. The molecule has 0 saturated carbocycles. The molecule has 0 amide bonds. The lowest BCUT2D eigenvalue weighted by Gasteiger charge is -2.00. The van der Waals surface area contributed by atoms with Crippen molar-refractivity contribution < 1.29 is 0 Å². The summed E-state index contributed by atoms with van der Waals surface area (Å²) in [6, 6.07) is 0. The third kappa shape index (κ3) is 0.991. The van der Waals surface area contributed by atoms with Crippen LogP contribution >= 0.6 is 12.6 Å². The molecule has 1 unspecified atom stereocenters. The van der Waals surface area contributed by atoms with Gasteiger partial charge in [0, 0.05) is 0 Å². The van der Waals surface area contributed by atoms with Gasteiger partial charge >= 0.3 is 0 Å². The predicted octanol–water partition coefficient (Wildman–Crippen LogP) is 1.08. The standard InChI is InChI=1S/C3H5N3S/c1-3(7)2-4-6-5-3/h2,7H,1H3. The minimum absolute atomic E-state index is 0.444. The molecule has 3 nitrogen and oxygen atoms in total. The molecule has 0 radical (unpaired) electrons. The maximum absolute atomic E-state index is 4.04. The van der Waals surface area contributed by atoms with E-state index in [-0.39, 0.29) is 0 Å². The van der Waals surface area contributed by atoms with E-state index in [1.807, 2.05) is 6.92 Å². The van der Waals surface area contributed by atoms with Gasteiger partial charge in [0.1, 0.15) is 0 Å². The minimum atomic E-state index is -0.444. The van der Waals surface area contributed by atoms with E-state index in [1.165, 1.54) is 0 Å². The topological polar surface area (TPSA) is 37.1 Å². The van der Waals surface area contributed by atoms with Crippen LogP contribution in [0.25, 0.3) is 0 Å². The van der Waals surface area contributed by atoms with Crippen LogP contribution in [-0.2, 0) is 0 Å². The smallest absolute Gasteiger partial charge is 0.146 e. The van der Waals surface area contributed by atoms with Crippen molar-refractivity contribution in [1.82, 2.24) is 0 Å². The van der Waals surface area contributed by atoms with Crippen LogP contribution in [0.5, 0.6) is 0 Å². The summed E-state index contributed by atoms with van der Waals surface area (Å²) in [7, 11) is 0. The molecule has 0 N–H and O–H groups in total. The third-order valence-corrected chi connectivity index (χ3v) is 0.806. The summed E-state index contributed by atoms with van der Waals surface area (Å²) in [5.41, 5.74) is 0. The molecule has 1 aliphatic rings. The van der Waals surface area contributed by atoms with E-state index in [1.54, 1.807) is 6.21 Å². The predicted molar refractivity (Wildman–Crippen MR) is 30.7 cm³/mol. The fourth-order valence-corrected chi connectivity index (χ4v) is 0.369. The van der Waals surface area contributed by atoms with E-state index in [4.69, 9.17) is 0 Å². The Balaban J connectivity index is 2.77. The summed E-state index contributed by atoms with van der Waals surface area (Å²) in [6.45, 7) is 1.82. The molecule has 0 spiro atoms. The van der Waals surface area contributed by atoms with Crippen LogP contribution in [0.2, 0.25) is 0 Å². The second kappa shape index (κ2) is 1.30. The van der Waals surface area contributed by atoms with Gasteiger partial charge < -0.3 is 0 Å². The second-order valence-corrected chi connectivity index (χ2v) is 2.43. The van der Waals surface area contributed by atoms with E-state index >= 15 is 0 Å². The summed E-state index contributed by atoms with van der Waals surface area (Å²) in [4.78, 5) is -0.444. The highest BCUT2D eigenvalue weighted by atomic mass is 32.1. The zero-order valence-electron chi connectivity index (χ0n) is 3.87. The first kappa shape index (κ1) is 4.77. The normalized spacial score (nSPS) is 37.4. The van der Waals surface area contributed by atoms with Gasteiger partial charge in [-0.15, -0.1) is 22.8 Å². The zero-order chi connectivity index (χ0) is 5.33. The lowest BCUT2D eigenvalue weighted by molar-refractivity contribution is 0.867. The van der Waals surface area contributed by atoms with E-state index < -0.39 is 4.87 Å². The van der Waals surface area contributed by atoms with Gasteiger partial charge in [-0.3, -0.25) is 0 Å². The van der Waals surface area contributed by atoms with Crippen molar-refractivity contribution in [2.75, 3.05) is 0 Å². The molecule has 0 aromatic carbocycles. The first-order valence-electron chi connectivity index (χ1n) is 1.89. The van der Waals surface area contributed by atoms with Crippen molar-refractivity contribution in [3.8, 4) is 0 Å². The SMILES string of the molecule is CC1(S)C=NN=N1. The minimum Gasteiger partial charge on any atom is -0.146 e. The van der Waals surface area contributed by atoms with E-state index in [2.05, 4.69) is 28.1 Å². The van der Waals surface area contributed by atoms with Gasteiger partial charge in [0.15, 0.2) is 4.87 Å². The first-order valence-corrected chi connectivity index (χ1v) is 2.34. The molecular weight excluding hydrogens is 110 g/mol. The highest BCUT2D eigenvalue weighted by molar-refractivity contribution is 7.82. The highest BCUT2D eigenvalue weighted by Gasteiger charge is 2.17. The Morgan fingerprint density at radius 1 is 1.71 bits per heavy atom. The van der Waals surface area contributed by atoms with Crippen molar-refractivity contribution in [1.29, 1.82) is 0 Å². The molecule has 0 bridgehead atoms. The zero-order valence-corrected chi connectivity index (χ0v) is 4.76. The largest absolute Gasteiger partial charge is 0.160 e. The lowest BCUT2D eigenvalue weighted by atomic mass is 10.4. The highest BCUT2D eigenvalue weighted by Crippen LogP contribution is 2.16. The Hall–Kier alpha value is -0.380. The van der Waals surface area contributed by atoms with Crippen LogP contribution < -0.4 is 0 Å². The maximum atomic E-state index is 4.04. The Kier molecular flexibility index (Phi) is 0.883. The van der Waals surface area contributed by atoms with E-state index in [9.17, 15) is 0 Å². The van der Waals surface area contributed by atoms with Crippen LogP contribution in [0, 0.1) is 0 Å². The van der Waals surface area contributed by atoms with Crippen LogP contribution in [0.15, 0.2) is 15.4 Å². The molecule has 7 heavy (non-hydrogen) atoms. The molecule has 38 valence electrons. The van der Waals surface area contributed by atoms with Crippen molar-refractivity contribution in [2.24, 2.45) is 15.4 Å². The summed E-state index contributed by atoms with van der Waals surface area (Å²) >= 11 is 4.04. The van der Waals surface area contributed by atoms with Gasteiger partial charge in [-0.1, -0.05) is 0 Å². The van der Waals surface area contributed by atoms with Crippen LogP contribution in [0.4, 0.5) is 0 Å². The number of rotatable bonds is 0. The summed E-state index contributed by atoms with van der Waals surface area (Å²) in [5.74, 6) is 0. The quantitative estimate of drug-likeness (QED) is 0.459. The van der Waals surface area contributed by atoms with Crippen LogP contribution in [-0.4, -0.2) is 11.1 Å². The molecule has 0 aliphatic carbocycles. The lowest BCUT2D eigenvalue weighted by Crippen LogP contribution is -2.09. The molecule has 1 heterocycles. The van der Waals surface area contributed by atoms with E-state index in [0.29, 0.717) is 0 Å². The Labute approximate surface area is 46.9 Å². The van der Waals surface area contributed by atoms with Crippen molar-refractivity contribution in [3.05, 3.63) is 0 Å². The molecule has 0 aromatic heterocycles. The summed E-state index contributed by atoms with van der Waals surface area (Å²) in [6.07, 6.45) is 1.58. The summed E-state index contributed by atoms with van der Waals surface area (Å²) in [5, 5.41) is 10.5. The molecule has 0 fully saturated rings. The molecule has 0 saturated heterocycles. The molecule has 4 heteroatoms. The first-order chi connectivity index (χ1) is 3.21. The molecule has 1 atom stereocenters. The van der Waals surface area contributed by atoms with Gasteiger partial charge in [0.25, 0.3) is 0 Å². The van der Waals surface area contributed by atoms with Crippen LogP contribution in [0.1, 0.15) is 6.92 Å². The van der Waals surface area contributed by atoms with Gasteiger partial charge in [-0.25, -0.2) is 0 Å². The second-order valence-electron chi connectivity index (χ2n) is 1.53. The van der Waals surface area contributed by atoms with Crippen LogP contribution in [0.3, 0.4) is 0 Å². The third-order valence-electron chi connectivity index (χ3n) is 0.601. The number of thiol groups is 1. The van der Waals surface area contributed by atoms with Crippen molar-refractivity contribution in [3.63, 3.8) is 0 Å². The monoisotopic (exact) mass is 115 g/mol. The average Bonchev–Trinajstić information content (AvgIpc) is 1.84. The molecule has 1 aliphatic heterocycles. The fourth-order valence-electron chi connectivity index (χ4n) is 0.277. The Bertz CT molecular complexity index is 112. The number of hydrogen-bond acceptors (Lipinski definition) is 4. The van der Waals surface area contributed by atoms with Crippen molar-refractivity contribution in [2.45, 2.75) is 11.8 Å². The average molecular weight is 115 g/mol. The number of hydrogen-bond donors (Lipinski definition) is 1. The molecule has 0 aromatic rings.